The van der Waals surface area contributed by atoms with E-state index in [4.69, 9.17) is 4.74 Å². The van der Waals surface area contributed by atoms with Crippen molar-refractivity contribution in [2.45, 2.75) is 6.42 Å². The molecular weight excluding hydrogens is 214 g/mol. The van der Waals surface area contributed by atoms with E-state index in [1.165, 1.54) is 10.9 Å². The smallest absolute Gasteiger partial charge is 0.207 e. The molecule has 0 saturated carbocycles. The van der Waals surface area contributed by atoms with Crippen LogP contribution in [0.1, 0.15) is 5.56 Å². The maximum atomic E-state index is 10.2. The lowest BCUT2D eigenvalue weighted by atomic mass is 10.0. The Kier molecular flexibility index (Phi) is 3.60. The van der Waals surface area contributed by atoms with E-state index in [2.05, 4.69) is 23.5 Å². The number of carbonyl (C=O) groups is 1. The van der Waals surface area contributed by atoms with Gasteiger partial charge in [0.15, 0.2) is 0 Å². The minimum absolute atomic E-state index is 0.666. The van der Waals surface area contributed by atoms with Crippen LogP contribution in [0.4, 0.5) is 0 Å². The Labute approximate surface area is 100 Å². The number of benzene rings is 2. The van der Waals surface area contributed by atoms with E-state index >= 15 is 0 Å². The summed E-state index contributed by atoms with van der Waals surface area (Å²) in [5.74, 6) is 0.862. The van der Waals surface area contributed by atoms with Gasteiger partial charge in [-0.2, -0.15) is 0 Å². The van der Waals surface area contributed by atoms with Gasteiger partial charge in [0.05, 0.1) is 7.11 Å². The molecule has 3 heteroatoms. The molecule has 0 radical (unpaired) electrons. The van der Waals surface area contributed by atoms with Crippen LogP contribution in [0.3, 0.4) is 0 Å². The van der Waals surface area contributed by atoms with Gasteiger partial charge < -0.3 is 10.1 Å². The molecule has 2 aromatic rings. The van der Waals surface area contributed by atoms with Gasteiger partial charge in [-0.15, -0.1) is 0 Å². The van der Waals surface area contributed by atoms with Crippen LogP contribution < -0.4 is 10.1 Å². The van der Waals surface area contributed by atoms with Gasteiger partial charge in [0, 0.05) is 6.54 Å². The Morgan fingerprint density at radius 3 is 2.76 bits per heavy atom. The summed E-state index contributed by atoms with van der Waals surface area (Å²) < 4.78 is 5.20. The zero-order valence-electron chi connectivity index (χ0n) is 9.77. The molecule has 0 heterocycles. The molecule has 0 aromatic heterocycles. The Morgan fingerprint density at radius 1 is 1.18 bits per heavy atom. The Morgan fingerprint density at radius 2 is 2.00 bits per heavy atom. The number of hydrogen-bond donors (Lipinski definition) is 1. The first-order valence-corrected chi connectivity index (χ1v) is 5.57. The van der Waals surface area contributed by atoms with Crippen LogP contribution in [0.2, 0.25) is 0 Å². The molecule has 1 amide bonds. The summed E-state index contributed by atoms with van der Waals surface area (Å²) in [4.78, 5) is 10.2. The van der Waals surface area contributed by atoms with Crippen molar-refractivity contribution >= 4 is 17.2 Å². The number of hydrogen-bond acceptors (Lipinski definition) is 2. The normalized spacial score (nSPS) is 10.2. The Hall–Kier alpha value is -2.03. The number of amides is 1. The van der Waals surface area contributed by atoms with Crippen molar-refractivity contribution < 1.29 is 9.53 Å². The first kappa shape index (κ1) is 11.5. The van der Waals surface area contributed by atoms with Gasteiger partial charge in [-0.3, -0.25) is 4.79 Å². The van der Waals surface area contributed by atoms with E-state index in [1.54, 1.807) is 7.11 Å². The molecule has 0 fully saturated rings. The molecule has 0 atom stereocenters. The molecule has 2 aromatic carbocycles. The zero-order valence-corrected chi connectivity index (χ0v) is 9.77. The van der Waals surface area contributed by atoms with Crippen molar-refractivity contribution in [3.8, 4) is 5.75 Å². The fourth-order valence-electron chi connectivity index (χ4n) is 1.83. The lowest BCUT2D eigenvalue weighted by Gasteiger charge is -2.05. The number of fused-ring (bicyclic) bond motifs is 1. The number of rotatable bonds is 5. The fourth-order valence-corrected chi connectivity index (χ4v) is 1.83. The molecular formula is C14H15NO2. The van der Waals surface area contributed by atoms with E-state index in [9.17, 15) is 4.79 Å². The van der Waals surface area contributed by atoms with Crippen LogP contribution in [0.25, 0.3) is 10.8 Å². The van der Waals surface area contributed by atoms with Crippen LogP contribution in [-0.2, 0) is 11.2 Å². The molecule has 0 spiro atoms. The summed E-state index contributed by atoms with van der Waals surface area (Å²) >= 11 is 0. The van der Waals surface area contributed by atoms with Crippen molar-refractivity contribution in [2.24, 2.45) is 0 Å². The van der Waals surface area contributed by atoms with Gasteiger partial charge in [-0.05, 0) is 34.9 Å². The Balaban J connectivity index is 2.24. The first-order chi connectivity index (χ1) is 8.33. The third kappa shape index (κ3) is 2.75. The summed E-state index contributed by atoms with van der Waals surface area (Å²) in [7, 11) is 1.67. The molecule has 2 rings (SSSR count). The third-order valence-corrected chi connectivity index (χ3v) is 2.75. The van der Waals surface area contributed by atoms with Crippen LogP contribution in [0, 0.1) is 0 Å². The second-order valence-electron chi connectivity index (χ2n) is 3.87. The molecule has 88 valence electrons. The lowest BCUT2D eigenvalue weighted by molar-refractivity contribution is -0.109. The zero-order chi connectivity index (χ0) is 12.1. The fraction of sp³-hybridized carbons (Fsp3) is 0.214. The number of ether oxygens (including phenoxy) is 1. The maximum absolute atomic E-state index is 10.2. The molecule has 0 saturated heterocycles. The Bertz CT molecular complexity index is 523. The van der Waals surface area contributed by atoms with Gasteiger partial charge in [0.25, 0.3) is 0 Å². The summed E-state index contributed by atoms with van der Waals surface area (Å²) in [6.07, 6.45) is 1.57. The number of nitrogens with one attached hydrogen (secondary N) is 1. The molecule has 0 unspecified atom stereocenters. The quantitative estimate of drug-likeness (QED) is 0.630. The van der Waals surface area contributed by atoms with E-state index in [0.717, 1.165) is 24.0 Å². The molecule has 17 heavy (non-hydrogen) atoms. The van der Waals surface area contributed by atoms with E-state index in [1.807, 2.05) is 18.2 Å². The van der Waals surface area contributed by atoms with Crippen molar-refractivity contribution in [1.82, 2.24) is 5.32 Å². The highest BCUT2D eigenvalue weighted by atomic mass is 16.5. The van der Waals surface area contributed by atoms with Crippen LogP contribution in [-0.4, -0.2) is 20.1 Å². The van der Waals surface area contributed by atoms with E-state index in [0.29, 0.717) is 6.54 Å². The molecule has 0 aliphatic rings. The largest absolute Gasteiger partial charge is 0.497 e. The minimum atomic E-state index is 0.666. The molecule has 0 bridgehead atoms. The summed E-state index contributed by atoms with van der Waals surface area (Å²) in [6, 6.07) is 12.3. The van der Waals surface area contributed by atoms with Crippen molar-refractivity contribution in [3.63, 3.8) is 0 Å². The molecule has 1 N–H and O–H groups in total. The number of carbonyl (C=O) groups excluding carboxylic acids is 1. The average Bonchev–Trinajstić information content (AvgIpc) is 2.38. The highest BCUT2D eigenvalue weighted by Crippen LogP contribution is 2.21. The SMILES string of the molecule is COc1ccc2ccc(CCNC=O)cc2c1. The minimum Gasteiger partial charge on any atom is -0.497 e. The van der Waals surface area contributed by atoms with Gasteiger partial charge >= 0.3 is 0 Å². The van der Waals surface area contributed by atoms with Gasteiger partial charge in [-0.25, -0.2) is 0 Å². The molecule has 0 aliphatic heterocycles. The van der Waals surface area contributed by atoms with Gasteiger partial charge in [0.1, 0.15) is 5.75 Å². The van der Waals surface area contributed by atoms with Crippen LogP contribution in [0.5, 0.6) is 5.75 Å². The third-order valence-electron chi connectivity index (χ3n) is 2.75. The summed E-state index contributed by atoms with van der Waals surface area (Å²) in [6.45, 7) is 0.666. The van der Waals surface area contributed by atoms with Crippen LogP contribution >= 0.6 is 0 Å². The van der Waals surface area contributed by atoms with E-state index < -0.39 is 0 Å². The van der Waals surface area contributed by atoms with Gasteiger partial charge in [-0.1, -0.05) is 24.3 Å². The van der Waals surface area contributed by atoms with Crippen molar-refractivity contribution in [3.05, 3.63) is 42.0 Å². The summed E-state index contributed by atoms with van der Waals surface area (Å²) in [5, 5.41) is 5.01. The molecule has 3 nitrogen and oxygen atoms in total. The lowest BCUT2D eigenvalue weighted by Crippen LogP contribution is -2.14. The molecule has 0 aliphatic carbocycles. The average molecular weight is 229 g/mol. The second kappa shape index (κ2) is 5.34. The standard InChI is InChI=1S/C14H15NO2/c1-17-14-5-4-12-3-2-11(6-7-15-10-16)8-13(12)9-14/h2-5,8-10H,6-7H2,1H3,(H,15,16). The second-order valence-corrected chi connectivity index (χ2v) is 3.87. The predicted octanol–water partition coefficient (Wildman–Crippen LogP) is 2.14. The highest BCUT2D eigenvalue weighted by Gasteiger charge is 1.98. The maximum Gasteiger partial charge on any atom is 0.207 e. The first-order valence-electron chi connectivity index (χ1n) is 5.57. The van der Waals surface area contributed by atoms with E-state index in [-0.39, 0.29) is 0 Å². The van der Waals surface area contributed by atoms with Crippen molar-refractivity contribution in [1.29, 1.82) is 0 Å². The monoisotopic (exact) mass is 229 g/mol. The highest BCUT2D eigenvalue weighted by molar-refractivity contribution is 5.84. The number of methoxy groups -OCH3 is 1. The van der Waals surface area contributed by atoms with Crippen LogP contribution in [0.15, 0.2) is 36.4 Å². The topological polar surface area (TPSA) is 38.3 Å². The predicted molar refractivity (Wildman–Crippen MR) is 68.3 cm³/mol. The van der Waals surface area contributed by atoms with Crippen molar-refractivity contribution in [2.75, 3.05) is 13.7 Å². The summed E-state index contributed by atoms with van der Waals surface area (Å²) in [5.41, 5.74) is 1.21. The van der Waals surface area contributed by atoms with Gasteiger partial charge in [0.2, 0.25) is 6.41 Å².